The van der Waals surface area contributed by atoms with Gasteiger partial charge in [0.15, 0.2) is 0 Å². The van der Waals surface area contributed by atoms with Crippen LogP contribution in [0.25, 0.3) is 0 Å². The molecule has 76 valence electrons. The summed E-state index contributed by atoms with van der Waals surface area (Å²) in [6, 6.07) is 1.15. The normalized spacial score (nSPS) is 11.4. The van der Waals surface area contributed by atoms with E-state index < -0.39 is 22.5 Å². The molecule has 1 aromatic heterocycles. The molecule has 14 heavy (non-hydrogen) atoms. The highest BCUT2D eigenvalue weighted by Gasteiger charge is 2.41. The van der Waals surface area contributed by atoms with Gasteiger partial charge in [-0.1, -0.05) is 0 Å². The summed E-state index contributed by atoms with van der Waals surface area (Å²) in [6.45, 7) is 0. The van der Waals surface area contributed by atoms with Crippen LogP contribution in [0.15, 0.2) is 12.3 Å². The average Bonchev–Trinajstić information content (AvgIpc) is 2.01. The Kier molecular flexibility index (Phi) is 2.92. The van der Waals surface area contributed by atoms with Gasteiger partial charge in [0.25, 0.3) is 0 Å². The Hall–Kier alpha value is -0.930. The third-order valence-corrected chi connectivity index (χ3v) is 2.20. The third-order valence-electron chi connectivity index (χ3n) is 1.33. The SMILES string of the molecule is O=[N+]([O-])c1c(I)ccnc1C(F)(F)F. The first kappa shape index (κ1) is 11.1. The standard InChI is InChI=1S/C6H2F3IN2O2/c7-6(8,9)5-4(12(13)14)3(10)1-2-11-5/h1-2H. The van der Waals surface area contributed by atoms with Gasteiger partial charge >= 0.3 is 11.9 Å². The van der Waals surface area contributed by atoms with E-state index in [1.165, 1.54) is 22.6 Å². The van der Waals surface area contributed by atoms with Crippen LogP contribution in [0.4, 0.5) is 18.9 Å². The fourth-order valence-electron chi connectivity index (χ4n) is 0.812. The van der Waals surface area contributed by atoms with Crippen molar-refractivity contribution in [3.63, 3.8) is 0 Å². The number of nitrogens with zero attached hydrogens (tertiary/aromatic N) is 2. The van der Waals surface area contributed by atoms with Gasteiger partial charge < -0.3 is 0 Å². The summed E-state index contributed by atoms with van der Waals surface area (Å²) in [5.74, 6) is 0. The first-order chi connectivity index (χ1) is 6.34. The van der Waals surface area contributed by atoms with Gasteiger partial charge in [-0.3, -0.25) is 10.1 Å². The first-order valence-corrected chi connectivity index (χ1v) is 4.28. The fourth-order valence-corrected chi connectivity index (χ4v) is 1.42. The van der Waals surface area contributed by atoms with Crippen LogP contribution in [0.1, 0.15) is 5.69 Å². The van der Waals surface area contributed by atoms with E-state index in [9.17, 15) is 23.3 Å². The van der Waals surface area contributed by atoms with Gasteiger partial charge in [0.05, 0.1) is 8.49 Å². The number of hydrogen-bond acceptors (Lipinski definition) is 3. The van der Waals surface area contributed by atoms with E-state index in [0.717, 1.165) is 12.3 Å². The number of hydrogen-bond donors (Lipinski definition) is 0. The summed E-state index contributed by atoms with van der Waals surface area (Å²) in [5, 5.41) is 10.4. The lowest BCUT2D eigenvalue weighted by atomic mass is 10.3. The zero-order valence-electron chi connectivity index (χ0n) is 6.38. The molecule has 0 aromatic carbocycles. The van der Waals surface area contributed by atoms with Crippen LogP contribution in [0.5, 0.6) is 0 Å². The Labute approximate surface area is 89.4 Å². The molecule has 0 N–H and O–H groups in total. The highest BCUT2D eigenvalue weighted by molar-refractivity contribution is 14.1. The molecule has 0 aliphatic rings. The van der Waals surface area contributed by atoms with E-state index in [4.69, 9.17) is 0 Å². The van der Waals surface area contributed by atoms with Gasteiger partial charge in [-0.2, -0.15) is 13.2 Å². The van der Waals surface area contributed by atoms with Gasteiger partial charge in [0.2, 0.25) is 5.69 Å². The molecule has 0 saturated heterocycles. The maximum Gasteiger partial charge on any atom is 0.440 e. The number of pyridine rings is 1. The lowest BCUT2D eigenvalue weighted by molar-refractivity contribution is -0.389. The lowest BCUT2D eigenvalue weighted by Crippen LogP contribution is -2.12. The summed E-state index contributed by atoms with van der Waals surface area (Å²) in [5.41, 5.74) is -2.46. The summed E-state index contributed by atoms with van der Waals surface area (Å²) in [7, 11) is 0. The van der Waals surface area contributed by atoms with Crippen molar-refractivity contribution in [1.29, 1.82) is 0 Å². The van der Waals surface area contributed by atoms with E-state index in [2.05, 4.69) is 4.98 Å². The second-order valence-electron chi connectivity index (χ2n) is 2.24. The van der Waals surface area contributed by atoms with E-state index in [1.54, 1.807) is 0 Å². The summed E-state index contributed by atoms with van der Waals surface area (Å²) in [6.07, 6.45) is -3.92. The lowest BCUT2D eigenvalue weighted by Gasteiger charge is -2.06. The van der Waals surface area contributed by atoms with Crippen LogP contribution in [-0.2, 0) is 6.18 Å². The van der Waals surface area contributed by atoms with Crippen molar-refractivity contribution >= 4 is 28.3 Å². The molecule has 0 aliphatic carbocycles. The summed E-state index contributed by atoms with van der Waals surface area (Å²) >= 11 is 1.46. The third kappa shape index (κ3) is 2.11. The molecule has 8 heteroatoms. The number of alkyl halides is 3. The molecule has 0 atom stereocenters. The van der Waals surface area contributed by atoms with Gasteiger partial charge in [-0.05, 0) is 28.7 Å². The predicted molar refractivity (Wildman–Crippen MR) is 48.6 cm³/mol. The monoisotopic (exact) mass is 318 g/mol. The van der Waals surface area contributed by atoms with Crippen molar-refractivity contribution in [2.45, 2.75) is 6.18 Å². The van der Waals surface area contributed by atoms with E-state index >= 15 is 0 Å². The molecule has 0 spiro atoms. The second-order valence-corrected chi connectivity index (χ2v) is 3.41. The molecule has 0 bridgehead atoms. The highest BCUT2D eigenvalue weighted by atomic mass is 127. The minimum atomic E-state index is -4.80. The smallest absolute Gasteiger partial charge is 0.258 e. The van der Waals surface area contributed by atoms with Gasteiger partial charge in [-0.15, -0.1) is 0 Å². The molecule has 0 saturated carbocycles. The Morgan fingerprint density at radius 3 is 2.43 bits per heavy atom. The number of aromatic nitrogens is 1. The average molecular weight is 318 g/mol. The number of halogens is 4. The van der Waals surface area contributed by atoms with Crippen molar-refractivity contribution < 1.29 is 18.1 Å². The number of rotatable bonds is 1. The Morgan fingerprint density at radius 1 is 1.50 bits per heavy atom. The largest absolute Gasteiger partial charge is 0.440 e. The molecule has 0 fully saturated rings. The van der Waals surface area contributed by atoms with Crippen LogP contribution in [0, 0.1) is 13.7 Å². The van der Waals surface area contributed by atoms with Crippen molar-refractivity contribution in [3.05, 3.63) is 31.6 Å². The van der Waals surface area contributed by atoms with E-state index in [-0.39, 0.29) is 3.57 Å². The maximum absolute atomic E-state index is 12.2. The van der Waals surface area contributed by atoms with Crippen molar-refractivity contribution in [1.82, 2.24) is 4.98 Å². The molecule has 0 unspecified atom stereocenters. The van der Waals surface area contributed by atoms with E-state index in [1.807, 2.05) is 0 Å². The van der Waals surface area contributed by atoms with Crippen molar-refractivity contribution in [2.75, 3.05) is 0 Å². The van der Waals surface area contributed by atoms with Gasteiger partial charge in [0.1, 0.15) is 0 Å². The molecule has 1 aromatic rings. The second kappa shape index (κ2) is 3.67. The Balaban J connectivity index is 3.44. The molecule has 0 amide bonds. The predicted octanol–water partition coefficient (Wildman–Crippen LogP) is 2.61. The van der Waals surface area contributed by atoms with Crippen LogP contribution in [0.3, 0.4) is 0 Å². The molecular weight excluding hydrogens is 316 g/mol. The quantitative estimate of drug-likeness (QED) is 0.454. The zero-order chi connectivity index (χ0) is 10.9. The van der Waals surface area contributed by atoms with Crippen LogP contribution in [0.2, 0.25) is 0 Å². The first-order valence-electron chi connectivity index (χ1n) is 3.20. The Bertz CT molecular complexity index is 380. The zero-order valence-corrected chi connectivity index (χ0v) is 8.53. The van der Waals surface area contributed by atoms with Gasteiger partial charge in [-0.25, -0.2) is 4.98 Å². The van der Waals surface area contributed by atoms with Gasteiger partial charge in [0, 0.05) is 6.20 Å². The molecule has 1 heterocycles. The maximum atomic E-state index is 12.2. The minimum Gasteiger partial charge on any atom is -0.258 e. The molecule has 1 rings (SSSR count). The molecule has 4 nitrogen and oxygen atoms in total. The molecule has 0 radical (unpaired) electrons. The minimum absolute atomic E-state index is 0.0880. The Morgan fingerprint density at radius 2 is 2.07 bits per heavy atom. The van der Waals surface area contributed by atoms with Crippen molar-refractivity contribution in [2.24, 2.45) is 0 Å². The van der Waals surface area contributed by atoms with Crippen LogP contribution in [-0.4, -0.2) is 9.91 Å². The highest BCUT2D eigenvalue weighted by Crippen LogP contribution is 2.36. The summed E-state index contributed by atoms with van der Waals surface area (Å²) < 4.78 is 36.6. The topological polar surface area (TPSA) is 56.0 Å². The van der Waals surface area contributed by atoms with Crippen LogP contribution >= 0.6 is 22.6 Å². The summed E-state index contributed by atoms with van der Waals surface area (Å²) in [4.78, 5) is 12.2. The fraction of sp³-hybridized carbons (Fsp3) is 0.167. The van der Waals surface area contributed by atoms with E-state index in [0.29, 0.717) is 0 Å². The molecular formula is C6H2F3IN2O2. The number of nitro groups is 1. The molecule has 0 aliphatic heterocycles. The van der Waals surface area contributed by atoms with Crippen LogP contribution < -0.4 is 0 Å². The van der Waals surface area contributed by atoms with Crippen molar-refractivity contribution in [3.8, 4) is 0 Å².